The zero-order valence-corrected chi connectivity index (χ0v) is 16.8. The molecule has 6 heteroatoms. The Morgan fingerprint density at radius 3 is 2.32 bits per heavy atom. The van der Waals surface area contributed by atoms with Crippen LogP contribution in [0.2, 0.25) is 0 Å². The molecule has 0 spiro atoms. The maximum Gasteiger partial charge on any atom is 0.264 e. The van der Waals surface area contributed by atoms with Gasteiger partial charge in [0, 0.05) is 6.07 Å². The zero-order chi connectivity index (χ0) is 20.3. The van der Waals surface area contributed by atoms with Gasteiger partial charge < -0.3 is 4.74 Å². The van der Waals surface area contributed by atoms with Crippen LogP contribution in [0.1, 0.15) is 16.7 Å². The second-order valence-electron chi connectivity index (χ2n) is 6.61. The predicted molar refractivity (Wildman–Crippen MR) is 109 cm³/mol. The van der Waals surface area contributed by atoms with E-state index in [1.54, 1.807) is 31.2 Å². The number of sulfonamides is 1. The van der Waals surface area contributed by atoms with Gasteiger partial charge in [-0.2, -0.15) is 0 Å². The van der Waals surface area contributed by atoms with Crippen molar-refractivity contribution in [1.82, 2.24) is 0 Å². The van der Waals surface area contributed by atoms with Crippen molar-refractivity contribution < 1.29 is 17.5 Å². The summed E-state index contributed by atoms with van der Waals surface area (Å²) >= 11 is 0. The molecule has 0 N–H and O–H groups in total. The molecule has 0 amide bonds. The number of anilines is 1. The fraction of sp³-hybridized carbons (Fsp3) is 0.182. The highest BCUT2D eigenvalue weighted by molar-refractivity contribution is 7.92. The lowest BCUT2D eigenvalue weighted by molar-refractivity contribution is 0.413. The number of aryl methyl sites for hydroxylation is 2. The van der Waals surface area contributed by atoms with Gasteiger partial charge >= 0.3 is 0 Å². The molecule has 0 atom stereocenters. The molecule has 0 saturated heterocycles. The minimum absolute atomic E-state index is 0.0833. The van der Waals surface area contributed by atoms with Crippen molar-refractivity contribution in [2.24, 2.45) is 0 Å². The first kappa shape index (κ1) is 19.9. The molecule has 0 aromatic heterocycles. The van der Waals surface area contributed by atoms with E-state index in [9.17, 15) is 12.8 Å². The van der Waals surface area contributed by atoms with Crippen LogP contribution in [0.15, 0.2) is 71.6 Å². The highest BCUT2D eigenvalue weighted by Crippen LogP contribution is 2.29. The average Bonchev–Trinajstić information content (AvgIpc) is 2.69. The third-order valence-electron chi connectivity index (χ3n) is 4.52. The number of benzene rings is 3. The molecule has 0 fully saturated rings. The molecular weight excluding hydrogens is 377 g/mol. The van der Waals surface area contributed by atoms with Crippen LogP contribution in [-0.4, -0.2) is 15.5 Å². The van der Waals surface area contributed by atoms with Crippen molar-refractivity contribution >= 4 is 15.7 Å². The molecule has 0 heterocycles. The number of ether oxygens (including phenoxy) is 1. The Kier molecular flexibility index (Phi) is 5.70. The Labute approximate surface area is 165 Å². The van der Waals surface area contributed by atoms with Gasteiger partial charge in [0.1, 0.15) is 11.6 Å². The molecule has 3 rings (SSSR count). The number of nitrogens with zero attached hydrogens (tertiary/aromatic N) is 1. The molecule has 0 saturated carbocycles. The van der Waals surface area contributed by atoms with Gasteiger partial charge in [0.2, 0.25) is 0 Å². The monoisotopic (exact) mass is 399 g/mol. The van der Waals surface area contributed by atoms with Gasteiger partial charge in [-0.05, 0) is 49.2 Å². The molecule has 28 heavy (non-hydrogen) atoms. The van der Waals surface area contributed by atoms with Crippen LogP contribution in [0.25, 0.3) is 0 Å². The Balaban J connectivity index is 2.10. The minimum Gasteiger partial charge on any atom is -0.497 e. The summed E-state index contributed by atoms with van der Waals surface area (Å²) in [7, 11) is -2.46. The summed E-state index contributed by atoms with van der Waals surface area (Å²) in [6, 6.07) is 18.3. The Morgan fingerprint density at radius 1 is 0.964 bits per heavy atom. The van der Waals surface area contributed by atoms with E-state index in [2.05, 4.69) is 0 Å². The van der Waals surface area contributed by atoms with Gasteiger partial charge in [-0.1, -0.05) is 42.0 Å². The van der Waals surface area contributed by atoms with Crippen molar-refractivity contribution in [2.45, 2.75) is 25.3 Å². The lowest BCUT2D eigenvalue weighted by atomic mass is 10.1. The van der Waals surface area contributed by atoms with E-state index in [1.165, 1.54) is 29.6 Å². The molecular formula is C22H22FNO3S. The average molecular weight is 399 g/mol. The van der Waals surface area contributed by atoms with Crippen LogP contribution in [-0.2, 0) is 16.6 Å². The molecule has 0 radical (unpaired) electrons. The van der Waals surface area contributed by atoms with Gasteiger partial charge in [-0.15, -0.1) is 0 Å². The summed E-state index contributed by atoms with van der Waals surface area (Å²) < 4.78 is 47.4. The van der Waals surface area contributed by atoms with Crippen LogP contribution in [0.5, 0.6) is 5.75 Å². The fourth-order valence-corrected chi connectivity index (χ4v) is 4.28. The van der Waals surface area contributed by atoms with E-state index in [4.69, 9.17) is 4.74 Å². The Hall–Kier alpha value is -2.86. The van der Waals surface area contributed by atoms with Crippen molar-refractivity contribution in [3.05, 3.63) is 89.2 Å². The Morgan fingerprint density at radius 2 is 1.68 bits per heavy atom. The first-order valence-corrected chi connectivity index (χ1v) is 10.2. The van der Waals surface area contributed by atoms with Crippen LogP contribution in [0, 0.1) is 19.7 Å². The van der Waals surface area contributed by atoms with E-state index in [0.29, 0.717) is 11.3 Å². The van der Waals surface area contributed by atoms with Crippen molar-refractivity contribution in [3.8, 4) is 5.75 Å². The molecule has 0 aliphatic heterocycles. The molecule has 0 aliphatic rings. The summed E-state index contributed by atoms with van der Waals surface area (Å²) in [4.78, 5) is 0.0833. The quantitative estimate of drug-likeness (QED) is 0.595. The molecule has 0 aliphatic carbocycles. The molecule has 3 aromatic rings. The zero-order valence-electron chi connectivity index (χ0n) is 16.0. The third-order valence-corrected chi connectivity index (χ3v) is 6.29. The van der Waals surface area contributed by atoms with E-state index >= 15 is 0 Å². The predicted octanol–water partition coefficient (Wildman–Crippen LogP) is 4.85. The topological polar surface area (TPSA) is 46.6 Å². The molecule has 3 aromatic carbocycles. The summed E-state index contributed by atoms with van der Waals surface area (Å²) in [6.07, 6.45) is 0. The third kappa shape index (κ3) is 4.17. The van der Waals surface area contributed by atoms with Crippen molar-refractivity contribution in [3.63, 3.8) is 0 Å². The lowest BCUT2D eigenvalue weighted by Crippen LogP contribution is -2.30. The standard InChI is InChI=1S/C22H22FNO3S/c1-16-7-10-18(11-8-16)15-24(19-12-9-17(2)22(23)13-19)28(25,26)21-6-4-5-20(14-21)27-3/h4-14H,15H2,1-3H3. The number of hydrogen-bond acceptors (Lipinski definition) is 3. The number of methoxy groups -OCH3 is 1. The van der Waals surface area contributed by atoms with Crippen molar-refractivity contribution in [1.29, 1.82) is 0 Å². The van der Waals surface area contributed by atoms with Gasteiger partial charge in [0.15, 0.2) is 0 Å². The molecule has 4 nitrogen and oxygen atoms in total. The number of hydrogen-bond donors (Lipinski definition) is 0. The SMILES string of the molecule is COc1cccc(S(=O)(=O)N(Cc2ccc(C)cc2)c2ccc(C)c(F)c2)c1. The van der Waals surface area contributed by atoms with Gasteiger partial charge in [-0.3, -0.25) is 4.31 Å². The molecule has 0 bridgehead atoms. The summed E-state index contributed by atoms with van der Waals surface area (Å²) in [5.74, 6) is -0.0151. The first-order chi connectivity index (χ1) is 13.3. The van der Waals surface area contributed by atoms with Crippen LogP contribution >= 0.6 is 0 Å². The highest BCUT2D eigenvalue weighted by Gasteiger charge is 2.26. The number of rotatable bonds is 6. The largest absolute Gasteiger partial charge is 0.497 e. The van der Waals surface area contributed by atoms with Gasteiger partial charge in [-0.25, -0.2) is 12.8 Å². The molecule has 146 valence electrons. The lowest BCUT2D eigenvalue weighted by Gasteiger charge is -2.25. The van der Waals surface area contributed by atoms with Crippen LogP contribution in [0.4, 0.5) is 10.1 Å². The van der Waals surface area contributed by atoms with Crippen LogP contribution < -0.4 is 9.04 Å². The normalized spacial score (nSPS) is 11.3. The maximum absolute atomic E-state index is 14.2. The highest BCUT2D eigenvalue weighted by atomic mass is 32.2. The van der Waals surface area contributed by atoms with Crippen LogP contribution in [0.3, 0.4) is 0 Å². The summed E-state index contributed by atoms with van der Waals surface area (Å²) in [6.45, 7) is 3.69. The fourth-order valence-electron chi connectivity index (χ4n) is 2.80. The summed E-state index contributed by atoms with van der Waals surface area (Å²) in [5.41, 5.74) is 2.61. The van der Waals surface area contributed by atoms with E-state index in [0.717, 1.165) is 11.1 Å². The molecule has 0 unspecified atom stereocenters. The second-order valence-corrected chi connectivity index (χ2v) is 8.47. The van der Waals surface area contributed by atoms with Gasteiger partial charge in [0.25, 0.3) is 10.0 Å². The minimum atomic E-state index is -3.94. The maximum atomic E-state index is 14.2. The summed E-state index contributed by atoms with van der Waals surface area (Å²) in [5, 5.41) is 0. The Bertz CT molecular complexity index is 1080. The smallest absolute Gasteiger partial charge is 0.264 e. The number of halogens is 1. The van der Waals surface area contributed by atoms with E-state index < -0.39 is 15.8 Å². The van der Waals surface area contributed by atoms with Crippen molar-refractivity contribution in [2.75, 3.05) is 11.4 Å². The second kappa shape index (κ2) is 8.02. The van der Waals surface area contributed by atoms with E-state index in [1.807, 2.05) is 31.2 Å². The van der Waals surface area contributed by atoms with Gasteiger partial charge in [0.05, 0.1) is 24.2 Å². The first-order valence-electron chi connectivity index (χ1n) is 8.80. The van der Waals surface area contributed by atoms with E-state index in [-0.39, 0.29) is 17.1 Å².